The first-order valence-electron chi connectivity index (χ1n) is 6.39. The Morgan fingerprint density at radius 1 is 1.20 bits per heavy atom. The van der Waals surface area contributed by atoms with Gasteiger partial charge in [0, 0.05) is 17.3 Å². The van der Waals surface area contributed by atoms with Gasteiger partial charge in [0.05, 0.1) is 0 Å². The molecule has 15 heavy (non-hydrogen) atoms. The second-order valence-electron chi connectivity index (χ2n) is 6.22. The van der Waals surface area contributed by atoms with E-state index in [4.69, 9.17) is 0 Å². The first kappa shape index (κ1) is 11.8. The summed E-state index contributed by atoms with van der Waals surface area (Å²) in [4.78, 5) is 0. The van der Waals surface area contributed by atoms with Gasteiger partial charge in [-0.05, 0) is 43.8 Å². The summed E-state index contributed by atoms with van der Waals surface area (Å²) in [6.45, 7) is 8.48. The number of hydrogen-bond acceptors (Lipinski definition) is 2. The largest absolute Gasteiger partial charge is 0.312 e. The van der Waals surface area contributed by atoms with E-state index in [0.29, 0.717) is 10.2 Å². The Bertz CT molecular complexity index is 219. The maximum absolute atomic E-state index is 3.83. The molecule has 1 saturated heterocycles. The average Bonchev–Trinajstić information content (AvgIpc) is 2.70. The summed E-state index contributed by atoms with van der Waals surface area (Å²) < 4.78 is 0.526. The number of rotatable bonds is 3. The zero-order chi connectivity index (χ0) is 10.9. The molecule has 1 heterocycles. The van der Waals surface area contributed by atoms with Crippen molar-refractivity contribution in [2.45, 2.75) is 63.7 Å². The third-order valence-electron chi connectivity index (χ3n) is 4.28. The minimum Gasteiger partial charge on any atom is -0.312 e. The van der Waals surface area contributed by atoms with Crippen LogP contribution < -0.4 is 5.32 Å². The Hall–Kier alpha value is 0.310. The highest BCUT2D eigenvalue weighted by Crippen LogP contribution is 2.40. The molecule has 1 N–H and O–H groups in total. The van der Waals surface area contributed by atoms with Crippen LogP contribution in [0.4, 0.5) is 0 Å². The molecule has 88 valence electrons. The van der Waals surface area contributed by atoms with Crippen LogP contribution in [-0.2, 0) is 0 Å². The number of hydrogen-bond donors (Lipinski definition) is 1. The van der Waals surface area contributed by atoms with Gasteiger partial charge in [0.1, 0.15) is 0 Å². The fourth-order valence-electron chi connectivity index (χ4n) is 3.02. The highest BCUT2D eigenvalue weighted by molar-refractivity contribution is 8.00. The van der Waals surface area contributed by atoms with Crippen LogP contribution in [0.5, 0.6) is 0 Å². The molecule has 0 amide bonds. The lowest BCUT2D eigenvalue weighted by molar-refractivity contribution is 0.277. The lowest BCUT2D eigenvalue weighted by atomic mass is 9.87. The van der Waals surface area contributed by atoms with Crippen molar-refractivity contribution in [3.05, 3.63) is 0 Å². The van der Waals surface area contributed by atoms with Gasteiger partial charge in [-0.15, -0.1) is 0 Å². The van der Waals surface area contributed by atoms with Crippen molar-refractivity contribution >= 4 is 11.8 Å². The zero-order valence-electron chi connectivity index (χ0n) is 10.4. The molecule has 0 aromatic rings. The van der Waals surface area contributed by atoms with Crippen molar-refractivity contribution in [3.8, 4) is 0 Å². The molecule has 2 heteroatoms. The molecule has 1 nitrogen and oxygen atoms in total. The van der Waals surface area contributed by atoms with E-state index in [2.05, 4.69) is 37.8 Å². The monoisotopic (exact) mass is 227 g/mol. The third kappa shape index (κ3) is 2.71. The Kier molecular flexibility index (Phi) is 3.37. The van der Waals surface area contributed by atoms with Crippen LogP contribution in [-0.4, -0.2) is 23.1 Å². The summed E-state index contributed by atoms with van der Waals surface area (Å²) in [6.07, 6.45) is 7.01. The highest BCUT2D eigenvalue weighted by Gasteiger charge is 2.36. The van der Waals surface area contributed by atoms with E-state index in [1.807, 2.05) is 0 Å². The summed E-state index contributed by atoms with van der Waals surface area (Å²) in [7, 11) is 0. The van der Waals surface area contributed by atoms with Gasteiger partial charge in [-0.25, -0.2) is 0 Å². The van der Waals surface area contributed by atoms with Crippen LogP contribution in [0.25, 0.3) is 0 Å². The summed E-state index contributed by atoms with van der Waals surface area (Å²) in [5.41, 5.74) is 0.527. The second-order valence-corrected chi connectivity index (χ2v) is 7.90. The highest BCUT2D eigenvalue weighted by atomic mass is 32.2. The van der Waals surface area contributed by atoms with Crippen molar-refractivity contribution in [2.75, 3.05) is 12.3 Å². The van der Waals surface area contributed by atoms with Gasteiger partial charge in [-0.3, -0.25) is 0 Å². The van der Waals surface area contributed by atoms with E-state index in [1.165, 1.54) is 44.4 Å². The zero-order valence-corrected chi connectivity index (χ0v) is 11.3. The average molecular weight is 227 g/mol. The van der Waals surface area contributed by atoms with Gasteiger partial charge in [0.15, 0.2) is 0 Å². The molecule has 1 aliphatic carbocycles. The van der Waals surface area contributed by atoms with Crippen LogP contribution in [0.3, 0.4) is 0 Å². The summed E-state index contributed by atoms with van der Waals surface area (Å²) in [5, 5.41) is 3.83. The maximum atomic E-state index is 3.83. The number of thioether (sulfide) groups is 1. The van der Waals surface area contributed by atoms with E-state index in [0.717, 1.165) is 6.04 Å². The van der Waals surface area contributed by atoms with Gasteiger partial charge in [-0.1, -0.05) is 20.3 Å². The van der Waals surface area contributed by atoms with Gasteiger partial charge in [0.25, 0.3) is 0 Å². The van der Waals surface area contributed by atoms with Crippen molar-refractivity contribution in [2.24, 2.45) is 5.41 Å². The molecule has 2 fully saturated rings. The molecule has 0 aromatic heterocycles. The predicted molar refractivity (Wildman–Crippen MR) is 69.5 cm³/mol. The molecule has 0 bridgehead atoms. The summed E-state index contributed by atoms with van der Waals surface area (Å²) in [6, 6.07) is 0.760. The van der Waals surface area contributed by atoms with Gasteiger partial charge < -0.3 is 5.32 Å². The van der Waals surface area contributed by atoms with E-state index in [1.54, 1.807) is 0 Å². The van der Waals surface area contributed by atoms with Gasteiger partial charge >= 0.3 is 0 Å². The van der Waals surface area contributed by atoms with Crippen LogP contribution in [0.1, 0.15) is 52.9 Å². The van der Waals surface area contributed by atoms with E-state index in [9.17, 15) is 0 Å². The van der Waals surface area contributed by atoms with Crippen molar-refractivity contribution in [1.82, 2.24) is 5.32 Å². The number of nitrogens with one attached hydrogen (secondary N) is 1. The molecule has 0 spiro atoms. The van der Waals surface area contributed by atoms with Crippen LogP contribution in [0, 0.1) is 5.41 Å². The maximum Gasteiger partial charge on any atom is 0.0256 e. The summed E-state index contributed by atoms with van der Waals surface area (Å²) >= 11 is 2.17. The predicted octanol–water partition coefficient (Wildman–Crippen LogP) is 3.44. The lowest BCUT2D eigenvalue weighted by Crippen LogP contribution is -2.44. The lowest BCUT2D eigenvalue weighted by Gasteiger charge is -2.32. The Balaban J connectivity index is 1.82. The molecule has 0 aromatic carbocycles. The van der Waals surface area contributed by atoms with Crippen LogP contribution in [0.2, 0.25) is 0 Å². The first-order valence-corrected chi connectivity index (χ1v) is 7.38. The fourth-order valence-corrected chi connectivity index (χ4v) is 4.28. The fraction of sp³-hybridized carbons (Fsp3) is 1.00. The standard InChI is InChI=1S/C13H25NS/c1-12(2)7-4-6-11(12)14-10-13(3)8-5-9-15-13/h11,14H,4-10H2,1-3H3. The molecule has 1 aliphatic heterocycles. The van der Waals surface area contributed by atoms with Crippen molar-refractivity contribution < 1.29 is 0 Å². The summed E-state index contributed by atoms with van der Waals surface area (Å²) in [5.74, 6) is 1.37. The van der Waals surface area contributed by atoms with E-state index in [-0.39, 0.29) is 0 Å². The molecule has 1 saturated carbocycles. The molecule has 0 radical (unpaired) electrons. The second kappa shape index (κ2) is 4.29. The molecular weight excluding hydrogens is 202 g/mol. The van der Waals surface area contributed by atoms with E-state index >= 15 is 0 Å². The molecule has 2 unspecified atom stereocenters. The molecule has 2 atom stereocenters. The SMILES string of the molecule is CC1(CNC2CCCC2(C)C)CCCS1. The first-order chi connectivity index (χ1) is 7.02. The van der Waals surface area contributed by atoms with E-state index < -0.39 is 0 Å². The Labute approximate surface area is 98.8 Å². The minimum atomic E-state index is 0.526. The van der Waals surface area contributed by atoms with Crippen molar-refractivity contribution in [3.63, 3.8) is 0 Å². The quantitative estimate of drug-likeness (QED) is 0.792. The van der Waals surface area contributed by atoms with Crippen LogP contribution in [0.15, 0.2) is 0 Å². The normalized spacial score (nSPS) is 39.8. The smallest absolute Gasteiger partial charge is 0.0256 e. The van der Waals surface area contributed by atoms with Crippen LogP contribution >= 0.6 is 11.8 Å². The van der Waals surface area contributed by atoms with Gasteiger partial charge in [0.2, 0.25) is 0 Å². The third-order valence-corrected chi connectivity index (χ3v) is 5.82. The van der Waals surface area contributed by atoms with Crippen molar-refractivity contribution in [1.29, 1.82) is 0 Å². The Morgan fingerprint density at radius 3 is 2.53 bits per heavy atom. The minimum absolute atomic E-state index is 0.526. The molecule has 2 aliphatic rings. The van der Waals surface area contributed by atoms with Gasteiger partial charge in [-0.2, -0.15) is 11.8 Å². The molecular formula is C13H25NS. The molecule has 2 rings (SSSR count). The topological polar surface area (TPSA) is 12.0 Å². The Morgan fingerprint density at radius 2 is 2.00 bits per heavy atom.